The van der Waals surface area contributed by atoms with E-state index in [1.54, 1.807) is 0 Å². The van der Waals surface area contributed by atoms with Gasteiger partial charge in [0.15, 0.2) is 0 Å². The summed E-state index contributed by atoms with van der Waals surface area (Å²) in [5.41, 5.74) is 0.347. The van der Waals surface area contributed by atoms with Crippen LogP contribution in [0.5, 0.6) is 0 Å². The van der Waals surface area contributed by atoms with Crippen LogP contribution in [-0.2, 0) is 4.79 Å². The summed E-state index contributed by atoms with van der Waals surface area (Å²) < 4.78 is 13.8. The Labute approximate surface area is 128 Å². The first-order valence-electron chi connectivity index (χ1n) is 9.12. The number of carbonyl (C=O) groups excluding carboxylic acids is 1. The minimum Gasteiger partial charge on any atom is -0.299 e. The van der Waals surface area contributed by atoms with E-state index in [1.807, 2.05) is 0 Å². The van der Waals surface area contributed by atoms with Gasteiger partial charge in [-0.2, -0.15) is 0 Å². The summed E-state index contributed by atoms with van der Waals surface area (Å²) in [6.07, 6.45) is 8.83. The topological polar surface area (TPSA) is 17.1 Å². The van der Waals surface area contributed by atoms with E-state index in [2.05, 4.69) is 13.8 Å². The van der Waals surface area contributed by atoms with Crippen LogP contribution in [0.3, 0.4) is 0 Å². The van der Waals surface area contributed by atoms with Crippen LogP contribution < -0.4 is 0 Å². The highest BCUT2D eigenvalue weighted by Gasteiger charge is 2.60. The summed E-state index contributed by atoms with van der Waals surface area (Å²) >= 11 is 0. The van der Waals surface area contributed by atoms with E-state index in [9.17, 15) is 9.18 Å². The summed E-state index contributed by atoms with van der Waals surface area (Å²) in [5, 5.41) is 0. The second-order valence-electron chi connectivity index (χ2n) is 8.95. The molecule has 0 aromatic rings. The van der Waals surface area contributed by atoms with Crippen LogP contribution in [0.1, 0.15) is 71.6 Å². The molecule has 4 fully saturated rings. The maximum Gasteiger partial charge on any atom is 0.139 e. The van der Waals surface area contributed by atoms with Gasteiger partial charge >= 0.3 is 0 Å². The fraction of sp³-hybridized carbons (Fsp3) is 0.947. The third kappa shape index (κ3) is 1.83. The number of rotatable bonds is 0. The molecule has 0 aromatic heterocycles. The lowest BCUT2D eigenvalue weighted by Crippen LogP contribution is -2.53. The van der Waals surface area contributed by atoms with Crippen molar-refractivity contribution in [2.45, 2.75) is 77.8 Å². The smallest absolute Gasteiger partial charge is 0.139 e. The normalized spacial score (nSPS) is 56.5. The first kappa shape index (κ1) is 14.2. The van der Waals surface area contributed by atoms with Gasteiger partial charge in [-0.3, -0.25) is 4.79 Å². The minimum atomic E-state index is -0.554. The number of alkyl halides is 1. The number of fused-ring (bicyclic) bond motifs is 5. The van der Waals surface area contributed by atoms with Gasteiger partial charge in [-0.15, -0.1) is 0 Å². The van der Waals surface area contributed by atoms with E-state index in [4.69, 9.17) is 0 Å². The quantitative estimate of drug-likeness (QED) is 0.618. The summed E-state index contributed by atoms with van der Waals surface area (Å²) in [4.78, 5) is 12.4. The van der Waals surface area contributed by atoms with Crippen molar-refractivity contribution in [2.24, 2.45) is 34.5 Å². The average molecular weight is 292 g/mol. The number of hydrogen-bond donors (Lipinski definition) is 0. The van der Waals surface area contributed by atoms with E-state index in [1.165, 1.54) is 19.3 Å². The molecule has 0 amide bonds. The molecule has 0 unspecified atom stereocenters. The van der Waals surface area contributed by atoms with Gasteiger partial charge in [0.05, 0.1) is 0 Å². The molecule has 21 heavy (non-hydrogen) atoms. The molecule has 4 aliphatic rings. The third-order valence-electron chi connectivity index (χ3n) is 8.31. The molecular formula is C19H29FO. The van der Waals surface area contributed by atoms with Gasteiger partial charge in [-0.1, -0.05) is 13.8 Å². The molecular weight excluding hydrogens is 263 g/mol. The van der Waals surface area contributed by atoms with E-state index in [-0.39, 0.29) is 5.41 Å². The number of halogens is 1. The standard InChI is InChI=1S/C19H29FO/c1-18-9-7-13(20)11-12(18)3-4-14-15-5-6-17(21)19(15,2)10-8-16(14)18/h12-16H,3-11H2,1-2H3/t12-,13+,14+,15-,16+,18-,19-/m0/s1. The Balaban J connectivity index is 1.64. The maximum absolute atomic E-state index is 13.8. The molecule has 0 N–H and O–H groups in total. The lowest BCUT2D eigenvalue weighted by atomic mass is 9.45. The van der Waals surface area contributed by atoms with Crippen molar-refractivity contribution < 1.29 is 9.18 Å². The molecule has 7 atom stereocenters. The molecule has 0 aliphatic heterocycles. The highest BCUT2D eigenvalue weighted by atomic mass is 19.1. The van der Waals surface area contributed by atoms with Crippen LogP contribution in [0.15, 0.2) is 0 Å². The molecule has 118 valence electrons. The van der Waals surface area contributed by atoms with Crippen molar-refractivity contribution in [3.05, 3.63) is 0 Å². The van der Waals surface area contributed by atoms with Crippen molar-refractivity contribution in [3.8, 4) is 0 Å². The van der Waals surface area contributed by atoms with Crippen LogP contribution in [0.2, 0.25) is 0 Å². The Morgan fingerprint density at radius 1 is 1.00 bits per heavy atom. The second-order valence-corrected chi connectivity index (χ2v) is 8.95. The van der Waals surface area contributed by atoms with Crippen molar-refractivity contribution in [1.82, 2.24) is 0 Å². The Kier molecular flexibility index (Phi) is 3.08. The molecule has 2 heteroatoms. The fourth-order valence-corrected chi connectivity index (χ4v) is 6.98. The van der Waals surface area contributed by atoms with Gasteiger partial charge in [0, 0.05) is 11.8 Å². The molecule has 4 saturated carbocycles. The van der Waals surface area contributed by atoms with E-state index < -0.39 is 6.17 Å². The zero-order valence-corrected chi connectivity index (χ0v) is 13.5. The fourth-order valence-electron chi connectivity index (χ4n) is 6.98. The zero-order valence-electron chi connectivity index (χ0n) is 13.5. The molecule has 0 heterocycles. The highest BCUT2D eigenvalue weighted by molar-refractivity contribution is 5.87. The van der Waals surface area contributed by atoms with Gasteiger partial charge in [0.2, 0.25) is 0 Å². The number of ketones is 1. The second kappa shape index (κ2) is 4.55. The number of Topliss-reactive ketones (excluding diaryl/α,β-unsaturated/α-hetero) is 1. The first-order valence-corrected chi connectivity index (χ1v) is 9.12. The zero-order chi connectivity index (χ0) is 14.8. The number of carbonyl (C=O) groups is 1. The largest absolute Gasteiger partial charge is 0.299 e. The summed E-state index contributed by atoms with van der Waals surface area (Å²) in [6, 6.07) is 0. The predicted molar refractivity (Wildman–Crippen MR) is 81.6 cm³/mol. The van der Waals surface area contributed by atoms with Gasteiger partial charge < -0.3 is 0 Å². The number of hydrogen-bond acceptors (Lipinski definition) is 1. The lowest BCUT2D eigenvalue weighted by molar-refractivity contribution is -0.140. The molecule has 0 radical (unpaired) electrons. The Morgan fingerprint density at radius 3 is 2.62 bits per heavy atom. The van der Waals surface area contributed by atoms with E-state index in [0.29, 0.717) is 23.0 Å². The van der Waals surface area contributed by atoms with Crippen molar-refractivity contribution in [3.63, 3.8) is 0 Å². The summed E-state index contributed by atoms with van der Waals surface area (Å²) in [5.74, 6) is 3.26. The maximum atomic E-state index is 13.8. The first-order chi connectivity index (χ1) is 9.95. The Morgan fingerprint density at radius 2 is 1.81 bits per heavy atom. The predicted octanol–water partition coefficient (Wildman–Crippen LogP) is 4.94. The van der Waals surface area contributed by atoms with Crippen LogP contribution >= 0.6 is 0 Å². The van der Waals surface area contributed by atoms with Crippen LogP contribution in [0, 0.1) is 34.5 Å². The van der Waals surface area contributed by atoms with Crippen LogP contribution in [-0.4, -0.2) is 12.0 Å². The van der Waals surface area contributed by atoms with Crippen molar-refractivity contribution in [1.29, 1.82) is 0 Å². The van der Waals surface area contributed by atoms with Crippen molar-refractivity contribution in [2.75, 3.05) is 0 Å². The van der Waals surface area contributed by atoms with Gasteiger partial charge in [0.25, 0.3) is 0 Å². The van der Waals surface area contributed by atoms with Gasteiger partial charge in [0.1, 0.15) is 12.0 Å². The summed E-state index contributed by atoms with van der Waals surface area (Å²) in [7, 11) is 0. The molecule has 0 bridgehead atoms. The average Bonchev–Trinajstić information content (AvgIpc) is 2.76. The van der Waals surface area contributed by atoms with Crippen molar-refractivity contribution >= 4 is 5.78 Å². The van der Waals surface area contributed by atoms with E-state index >= 15 is 0 Å². The lowest BCUT2D eigenvalue weighted by Gasteiger charge is -2.59. The highest BCUT2D eigenvalue weighted by Crippen LogP contribution is 2.65. The van der Waals surface area contributed by atoms with Gasteiger partial charge in [-0.25, -0.2) is 4.39 Å². The molecule has 0 spiro atoms. The third-order valence-corrected chi connectivity index (χ3v) is 8.31. The Bertz CT molecular complexity index is 460. The molecule has 4 aliphatic carbocycles. The molecule has 0 aromatic carbocycles. The SMILES string of the molecule is C[C@]12CC[C@@H](F)C[C@@H]1CC[C@H]1[C@H]2CC[C@]2(C)C(=O)CC[C@@H]12. The minimum absolute atomic E-state index is 0.0122. The van der Waals surface area contributed by atoms with Crippen LogP contribution in [0.25, 0.3) is 0 Å². The Hall–Kier alpha value is -0.400. The molecule has 1 nitrogen and oxygen atoms in total. The summed E-state index contributed by atoms with van der Waals surface area (Å²) in [6.45, 7) is 4.70. The molecule has 0 saturated heterocycles. The monoisotopic (exact) mass is 292 g/mol. The van der Waals surface area contributed by atoms with E-state index in [0.717, 1.165) is 50.4 Å². The van der Waals surface area contributed by atoms with Crippen LogP contribution in [0.4, 0.5) is 4.39 Å². The van der Waals surface area contributed by atoms with Gasteiger partial charge in [-0.05, 0) is 80.5 Å². The molecule has 4 rings (SSSR count).